The van der Waals surface area contributed by atoms with Crippen LogP contribution in [0.5, 0.6) is 0 Å². The predicted molar refractivity (Wildman–Crippen MR) is 56.0 cm³/mol. The van der Waals surface area contributed by atoms with Gasteiger partial charge in [-0.25, -0.2) is 0 Å². The molecule has 0 amide bonds. The summed E-state index contributed by atoms with van der Waals surface area (Å²) < 4.78 is 38.6. The van der Waals surface area contributed by atoms with Crippen LogP contribution in [-0.2, 0) is 19.8 Å². The first-order valence-electron chi connectivity index (χ1n) is 5.27. The fraction of sp³-hybridized carbons (Fsp3) is 0.667. The van der Waals surface area contributed by atoms with Gasteiger partial charge in [-0.15, -0.1) is 0 Å². The van der Waals surface area contributed by atoms with Crippen molar-refractivity contribution in [2.24, 2.45) is 7.05 Å². The number of aromatic nitrogens is 2. The van der Waals surface area contributed by atoms with Gasteiger partial charge in [-0.1, -0.05) is 0 Å². The van der Waals surface area contributed by atoms with Crippen LogP contribution in [0.4, 0.5) is 19.0 Å². The molecular formula is C9H14F3N4O2+. The molecule has 18 heavy (non-hydrogen) atoms. The number of rotatable bonds is 4. The largest absolute Gasteiger partial charge is 0.475 e. The number of nitro groups is 1. The zero-order valence-electron chi connectivity index (χ0n) is 10.2. The van der Waals surface area contributed by atoms with Crippen LogP contribution in [-0.4, -0.2) is 28.1 Å². The third-order valence-corrected chi connectivity index (χ3v) is 2.69. The van der Waals surface area contributed by atoms with Gasteiger partial charge in [-0.3, -0.25) is 4.57 Å². The van der Waals surface area contributed by atoms with Crippen molar-refractivity contribution in [2.75, 3.05) is 13.6 Å². The van der Waals surface area contributed by atoms with Crippen molar-refractivity contribution >= 4 is 5.82 Å². The quantitative estimate of drug-likeness (QED) is 0.633. The molecule has 0 saturated heterocycles. The molecule has 1 heterocycles. The van der Waals surface area contributed by atoms with Crippen molar-refractivity contribution in [3.8, 4) is 0 Å². The highest BCUT2D eigenvalue weighted by Crippen LogP contribution is 2.31. The highest BCUT2D eigenvalue weighted by molar-refractivity contribution is 5.30. The first-order chi connectivity index (χ1) is 8.18. The van der Waals surface area contributed by atoms with Crippen molar-refractivity contribution in [3.05, 3.63) is 21.6 Å². The highest BCUT2D eigenvalue weighted by atomic mass is 19.4. The summed E-state index contributed by atoms with van der Waals surface area (Å²) in [7, 11) is 2.88. The topological polar surface area (TPSA) is 65.4 Å². The molecule has 1 unspecified atom stereocenters. The number of hydrogen-bond acceptors (Lipinski definition) is 3. The number of hydrogen-bond donors (Lipinski definition) is 1. The lowest BCUT2D eigenvalue weighted by atomic mass is 10.4. The SMILES string of the molecule is CC[NH+](C)Cc1c([N+](=O)[O-])nc(C(F)(F)F)n1C. The van der Waals surface area contributed by atoms with Crippen molar-refractivity contribution in [1.29, 1.82) is 0 Å². The van der Waals surface area contributed by atoms with E-state index < -0.39 is 22.7 Å². The summed E-state index contributed by atoms with van der Waals surface area (Å²) in [6.45, 7) is 2.60. The Labute approximate surface area is 101 Å². The monoisotopic (exact) mass is 267 g/mol. The van der Waals surface area contributed by atoms with E-state index >= 15 is 0 Å². The van der Waals surface area contributed by atoms with Gasteiger partial charge < -0.3 is 15.0 Å². The van der Waals surface area contributed by atoms with Crippen LogP contribution in [0.2, 0.25) is 0 Å². The van der Waals surface area contributed by atoms with Crippen LogP contribution in [0, 0.1) is 10.1 Å². The maximum absolute atomic E-state index is 12.6. The second-order valence-electron chi connectivity index (χ2n) is 4.01. The molecule has 0 aliphatic carbocycles. The molecule has 0 saturated carbocycles. The zero-order valence-corrected chi connectivity index (χ0v) is 10.2. The third kappa shape index (κ3) is 2.78. The highest BCUT2D eigenvalue weighted by Gasteiger charge is 2.44. The van der Waals surface area contributed by atoms with Gasteiger partial charge in [-0.2, -0.15) is 13.2 Å². The van der Waals surface area contributed by atoms with E-state index in [1.807, 2.05) is 6.92 Å². The molecule has 1 atom stereocenters. The summed E-state index contributed by atoms with van der Waals surface area (Å²) in [6, 6.07) is 0. The number of nitrogens with one attached hydrogen (secondary N) is 1. The minimum atomic E-state index is -4.70. The summed E-state index contributed by atoms with van der Waals surface area (Å²) in [6.07, 6.45) is -4.70. The van der Waals surface area contributed by atoms with Gasteiger partial charge in [0.25, 0.3) is 0 Å². The average molecular weight is 267 g/mol. The third-order valence-electron chi connectivity index (χ3n) is 2.69. The van der Waals surface area contributed by atoms with E-state index in [9.17, 15) is 23.3 Å². The Morgan fingerprint density at radius 2 is 2.06 bits per heavy atom. The number of halogens is 3. The molecule has 1 N–H and O–H groups in total. The first kappa shape index (κ1) is 14.4. The first-order valence-corrected chi connectivity index (χ1v) is 5.27. The van der Waals surface area contributed by atoms with E-state index in [0.29, 0.717) is 6.54 Å². The zero-order chi connectivity index (χ0) is 14.1. The molecule has 1 rings (SSSR count). The van der Waals surface area contributed by atoms with Gasteiger partial charge in [0.2, 0.25) is 0 Å². The van der Waals surface area contributed by atoms with Gasteiger partial charge in [-0.05, 0) is 16.8 Å². The van der Waals surface area contributed by atoms with Gasteiger partial charge in [0.15, 0.2) is 5.69 Å². The maximum atomic E-state index is 12.6. The van der Waals surface area contributed by atoms with Gasteiger partial charge >= 0.3 is 17.8 Å². The second-order valence-corrected chi connectivity index (χ2v) is 4.01. The number of quaternary nitrogens is 1. The molecule has 0 radical (unpaired) electrons. The summed E-state index contributed by atoms with van der Waals surface area (Å²) in [4.78, 5) is 13.8. The molecule has 1 aromatic heterocycles. The van der Waals surface area contributed by atoms with E-state index in [4.69, 9.17) is 0 Å². The smallest absolute Gasteiger partial charge is 0.358 e. The van der Waals surface area contributed by atoms with Crippen LogP contribution in [0.25, 0.3) is 0 Å². The Balaban J connectivity index is 3.30. The summed E-state index contributed by atoms with van der Waals surface area (Å²) >= 11 is 0. The van der Waals surface area contributed by atoms with Crippen LogP contribution in [0.15, 0.2) is 0 Å². The van der Waals surface area contributed by atoms with Crippen molar-refractivity contribution in [1.82, 2.24) is 9.55 Å². The molecular weight excluding hydrogens is 253 g/mol. The molecule has 9 heteroatoms. The fourth-order valence-corrected chi connectivity index (χ4v) is 1.53. The lowest BCUT2D eigenvalue weighted by molar-refractivity contribution is -0.892. The van der Waals surface area contributed by atoms with Gasteiger partial charge in [0, 0.05) is 7.05 Å². The Hall–Kier alpha value is -1.64. The Bertz CT molecular complexity index is 455. The molecule has 0 spiro atoms. The van der Waals surface area contributed by atoms with Crippen molar-refractivity contribution in [3.63, 3.8) is 0 Å². The molecule has 0 aliphatic rings. The molecule has 0 aliphatic heterocycles. The van der Waals surface area contributed by atoms with Crippen LogP contribution >= 0.6 is 0 Å². The summed E-state index contributed by atoms with van der Waals surface area (Å²) in [5.74, 6) is -1.97. The Morgan fingerprint density at radius 1 is 1.50 bits per heavy atom. The van der Waals surface area contributed by atoms with Crippen LogP contribution in [0.1, 0.15) is 18.4 Å². The molecule has 1 aromatic rings. The lowest BCUT2D eigenvalue weighted by Gasteiger charge is -2.11. The van der Waals surface area contributed by atoms with Gasteiger partial charge in [0.1, 0.15) is 6.54 Å². The second kappa shape index (κ2) is 4.92. The standard InChI is InChI=1S/C9H13F3N4O2/c1-4-14(2)5-6-7(16(17)18)13-8(15(6)3)9(10,11)12/h4-5H2,1-3H3/p+1. The summed E-state index contributed by atoms with van der Waals surface area (Å²) in [5.41, 5.74) is -0.0216. The van der Waals surface area contributed by atoms with Gasteiger partial charge in [0.05, 0.1) is 13.6 Å². The van der Waals surface area contributed by atoms with E-state index in [-0.39, 0.29) is 12.2 Å². The summed E-state index contributed by atoms with van der Waals surface area (Å²) in [5, 5.41) is 10.7. The average Bonchev–Trinajstić information content (AvgIpc) is 2.56. The molecule has 102 valence electrons. The van der Waals surface area contributed by atoms with E-state index in [1.54, 1.807) is 7.05 Å². The fourth-order valence-electron chi connectivity index (χ4n) is 1.53. The molecule has 0 bridgehead atoms. The van der Waals surface area contributed by atoms with E-state index in [0.717, 1.165) is 16.5 Å². The minimum Gasteiger partial charge on any atom is -0.358 e. The minimum absolute atomic E-state index is 0.0216. The Morgan fingerprint density at radius 3 is 2.44 bits per heavy atom. The van der Waals surface area contributed by atoms with Crippen LogP contribution in [0.3, 0.4) is 0 Å². The predicted octanol–water partition coefficient (Wildman–Crippen LogP) is 0.382. The van der Waals surface area contributed by atoms with Crippen molar-refractivity contribution < 1.29 is 23.0 Å². The number of nitrogens with zero attached hydrogens (tertiary/aromatic N) is 3. The number of imidazole rings is 1. The number of alkyl halides is 3. The molecule has 6 nitrogen and oxygen atoms in total. The molecule has 0 aromatic carbocycles. The van der Waals surface area contributed by atoms with Crippen LogP contribution < -0.4 is 4.90 Å². The normalized spacial score (nSPS) is 13.7. The Kier molecular flexibility index (Phi) is 3.95. The van der Waals surface area contributed by atoms with Crippen molar-refractivity contribution in [2.45, 2.75) is 19.6 Å². The lowest BCUT2D eigenvalue weighted by Crippen LogP contribution is -3.07. The van der Waals surface area contributed by atoms with E-state index in [2.05, 4.69) is 4.98 Å². The molecule has 0 fully saturated rings. The van der Waals surface area contributed by atoms with E-state index in [1.165, 1.54) is 0 Å². The maximum Gasteiger partial charge on any atom is 0.475 e.